The minimum absolute atomic E-state index is 0.0838. The van der Waals surface area contributed by atoms with Crippen LogP contribution in [0.2, 0.25) is 0 Å². The van der Waals surface area contributed by atoms with E-state index < -0.39 is 0 Å². The molecule has 0 radical (unpaired) electrons. The predicted molar refractivity (Wildman–Crippen MR) is 56.0 cm³/mol. The number of rotatable bonds is 3. The summed E-state index contributed by atoms with van der Waals surface area (Å²) < 4.78 is 0. The van der Waals surface area contributed by atoms with Crippen molar-refractivity contribution in [1.82, 2.24) is 9.88 Å². The third-order valence-corrected chi connectivity index (χ3v) is 2.04. The Morgan fingerprint density at radius 3 is 2.73 bits per heavy atom. The van der Waals surface area contributed by atoms with E-state index in [4.69, 9.17) is 5.26 Å². The molecule has 0 aromatic carbocycles. The second-order valence-electron chi connectivity index (χ2n) is 3.45. The lowest BCUT2D eigenvalue weighted by Gasteiger charge is -2.17. The molecule has 0 saturated heterocycles. The molecule has 15 heavy (non-hydrogen) atoms. The summed E-state index contributed by atoms with van der Waals surface area (Å²) in [5.41, 5.74) is 0.595. The Morgan fingerprint density at radius 1 is 1.60 bits per heavy atom. The highest BCUT2D eigenvalue weighted by molar-refractivity contribution is 5.93. The molecule has 4 nitrogen and oxygen atoms in total. The molecule has 1 amide bonds. The lowest BCUT2D eigenvalue weighted by Crippen LogP contribution is -2.30. The average molecular weight is 203 g/mol. The number of carbonyl (C=O) groups excluding carboxylic acids is 1. The van der Waals surface area contributed by atoms with Crippen molar-refractivity contribution < 1.29 is 4.79 Å². The molecule has 1 unspecified atom stereocenters. The first kappa shape index (κ1) is 11.2. The van der Waals surface area contributed by atoms with Gasteiger partial charge < -0.3 is 4.90 Å². The van der Waals surface area contributed by atoms with Crippen molar-refractivity contribution in [3.63, 3.8) is 0 Å². The first-order valence-corrected chi connectivity index (χ1v) is 4.70. The van der Waals surface area contributed by atoms with Gasteiger partial charge >= 0.3 is 0 Å². The molecule has 0 fully saturated rings. The maximum atomic E-state index is 11.8. The molecule has 0 bridgehead atoms. The summed E-state index contributed by atoms with van der Waals surface area (Å²) in [4.78, 5) is 17.2. The predicted octanol–water partition coefficient (Wildman–Crippen LogP) is 1.31. The molecular formula is C11H13N3O. The quantitative estimate of drug-likeness (QED) is 0.744. The van der Waals surface area contributed by atoms with E-state index in [1.165, 1.54) is 0 Å². The highest BCUT2D eigenvalue weighted by Crippen LogP contribution is 2.04. The highest BCUT2D eigenvalue weighted by atomic mass is 16.2. The molecule has 0 aliphatic rings. The number of pyridine rings is 1. The van der Waals surface area contributed by atoms with Crippen LogP contribution in [0.5, 0.6) is 0 Å². The SMILES string of the molecule is CC(C#N)CN(C)C(=O)c1ccncc1. The zero-order valence-electron chi connectivity index (χ0n) is 8.84. The van der Waals surface area contributed by atoms with E-state index in [9.17, 15) is 4.79 Å². The molecule has 1 atom stereocenters. The monoisotopic (exact) mass is 203 g/mol. The number of hydrogen-bond acceptors (Lipinski definition) is 3. The van der Waals surface area contributed by atoms with Crippen LogP contribution in [-0.4, -0.2) is 29.4 Å². The second-order valence-corrected chi connectivity index (χ2v) is 3.45. The van der Waals surface area contributed by atoms with Crippen LogP contribution in [0.1, 0.15) is 17.3 Å². The Labute approximate surface area is 89.2 Å². The maximum absolute atomic E-state index is 11.8. The van der Waals surface area contributed by atoms with Crippen molar-refractivity contribution in [1.29, 1.82) is 5.26 Å². The Hall–Kier alpha value is -1.89. The summed E-state index contributed by atoms with van der Waals surface area (Å²) in [6.45, 7) is 2.23. The van der Waals surface area contributed by atoms with Crippen LogP contribution in [-0.2, 0) is 0 Å². The Balaban J connectivity index is 2.66. The third kappa shape index (κ3) is 3.06. The zero-order valence-corrected chi connectivity index (χ0v) is 8.84. The molecule has 0 N–H and O–H groups in total. The van der Waals surface area contributed by atoms with Gasteiger partial charge in [-0.05, 0) is 19.1 Å². The molecule has 1 rings (SSSR count). The van der Waals surface area contributed by atoms with Gasteiger partial charge in [0.25, 0.3) is 5.91 Å². The fraction of sp³-hybridized carbons (Fsp3) is 0.364. The smallest absolute Gasteiger partial charge is 0.253 e. The van der Waals surface area contributed by atoms with Gasteiger partial charge in [-0.15, -0.1) is 0 Å². The van der Waals surface area contributed by atoms with Gasteiger partial charge in [-0.1, -0.05) is 0 Å². The summed E-state index contributed by atoms with van der Waals surface area (Å²) in [5, 5.41) is 8.64. The van der Waals surface area contributed by atoms with E-state index in [-0.39, 0.29) is 11.8 Å². The normalized spacial score (nSPS) is 11.5. The van der Waals surface area contributed by atoms with Gasteiger partial charge in [0.05, 0.1) is 12.0 Å². The summed E-state index contributed by atoms with van der Waals surface area (Å²) in [5.74, 6) is -0.236. The van der Waals surface area contributed by atoms with Gasteiger partial charge in [0.2, 0.25) is 0 Å². The molecule has 0 saturated carbocycles. The molecule has 1 aromatic rings. The molecule has 0 spiro atoms. The molecule has 1 aromatic heterocycles. The minimum Gasteiger partial charge on any atom is -0.340 e. The van der Waals surface area contributed by atoms with Crippen molar-refractivity contribution in [2.24, 2.45) is 5.92 Å². The largest absolute Gasteiger partial charge is 0.340 e. The van der Waals surface area contributed by atoms with E-state index in [2.05, 4.69) is 11.1 Å². The Kier molecular flexibility index (Phi) is 3.81. The number of amides is 1. The third-order valence-electron chi connectivity index (χ3n) is 2.04. The standard InChI is InChI=1S/C11H13N3O/c1-9(7-12)8-14(2)11(15)10-3-5-13-6-4-10/h3-6,9H,8H2,1-2H3. The number of hydrogen-bond donors (Lipinski definition) is 0. The van der Waals surface area contributed by atoms with Crippen molar-refractivity contribution in [3.8, 4) is 6.07 Å². The zero-order chi connectivity index (χ0) is 11.3. The molecule has 1 heterocycles. The van der Waals surface area contributed by atoms with Crippen LogP contribution >= 0.6 is 0 Å². The van der Waals surface area contributed by atoms with Gasteiger partial charge in [0.15, 0.2) is 0 Å². The summed E-state index contributed by atoms with van der Waals surface area (Å²) >= 11 is 0. The van der Waals surface area contributed by atoms with Crippen molar-refractivity contribution in [3.05, 3.63) is 30.1 Å². The maximum Gasteiger partial charge on any atom is 0.253 e. The summed E-state index contributed by atoms with van der Waals surface area (Å²) in [6.07, 6.45) is 3.16. The van der Waals surface area contributed by atoms with Crippen LogP contribution in [0.3, 0.4) is 0 Å². The first-order valence-electron chi connectivity index (χ1n) is 4.70. The topological polar surface area (TPSA) is 57.0 Å². The van der Waals surface area contributed by atoms with Crippen molar-refractivity contribution in [2.45, 2.75) is 6.92 Å². The fourth-order valence-electron chi connectivity index (χ4n) is 1.25. The van der Waals surface area contributed by atoms with E-state index in [1.807, 2.05) is 0 Å². The van der Waals surface area contributed by atoms with Crippen molar-refractivity contribution in [2.75, 3.05) is 13.6 Å². The second kappa shape index (κ2) is 5.11. The number of nitriles is 1. The first-order chi connectivity index (χ1) is 7.15. The van der Waals surface area contributed by atoms with Gasteiger partial charge in [-0.2, -0.15) is 5.26 Å². The van der Waals surface area contributed by atoms with Crippen LogP contribution in [0, 0.1) is 17.2 Å². The number of nitrogens with zero attached hydrogens (tertiary/aromatic N) is 3. The lowest BCUT2D eigenvalue weighted by molar-refractivity contribution is 0.0785. The van der Waals surface area contributed by atoms with Gasteiger partial charge in [-0.25, -0.2) is 0 Å². The van der Waals surface area contributed by atoms with E-state index in [0.29, 0.717) is 12.1 Å². The van der Waals surface area contributed by atoms with E-state index in [1.54, 1.807) is 43.4 Å². The van der Waals surface area contributed by atoms with Crippen LogP contribution in [0.25, 0.3) is 0 Å². The van der Waals surface area contributed by atoms with Crippen LogP contribution < -0.4 is 0 Å². The summed E-state index contributed by atoms with van der Waals surface area (Å²) in [7, 11) is 1.69. The molecule has 78 valence electrons. The summed E-state index contributed by atoms with van der Waals surface area (Å²) in [6, 6.07) is 5.42. The van der Waals surface area contributed by atoms with Gasteiger partial charge in [0.1, 0.15) is 0 Å². The molecule has 4 heteroatoms. The van der Waals surface area contributed by atoms with Gasteiger partial charge in [-0.3, -0.25) is 9.78 Å². The number of carbonyl (C=O) groups is 1. The molecular weight excluding hydrogens is 190 g/mol. The minimum atomic E-state index is -0.152. The molecule has 0 aliphatic carbocycles. The lowest BCUT2D eigenvalue weighted by atomic mass is 10.2. The fourth-order valence-corrected chi connectivity index (χ4v) is 1.25. The van der Waals surface area contributed by atoms with Crippen molar-refractivity contribution >= 4 is 5.91 Å². The van der Waals surface area contributed by atoms with E-state index >= 15 is 0 Å². The van der Waals surface area contributed by atoms with Crippen LogP contribution in [0.15, 0.2) is 24.5 Å². The van der Waals surface area contributed by atoms with Crippen LogP contribution in [0.4, 0.5) is 0 Å². The Morgan fingerprint density at radius 2 is 2.20 bits per heavy atom. The highest BCUT2D eigenvalue weighted by Gasteiger charge is 2.13. The van der Waals surface area contributed by atoms with E-state index in [0.717, 1.165) is 0 Å². The van der Waals surface area contributed by atoms with Gasteiger partial charge in [0, 0.05) is 31.5 Å². The molecule has 0 aliphatic heterocycles. The Bertz CT molecular complexity index is 369. The average Bonchev–Trinajstić information content (AvgIpc) is 2.29. The number of aromatic nitrogens is 1.